The van der Waals surface area contributed by atoms with E-state index in [2.05, 4.69) is 22.2 Å². The predicted octanol–water partition coefficient (Wildman–Crippen LogP) is 2.34. The number of Topliss-reactive ketones (excluding diaryl/α,β-unsaturated/α-hetero) is 1. The van der Waals surface area contributed by atoms with E-state index in [1.807, 2.05) is 37.4 Å². The number of nitrogens with one attached hydrogen (secondary N) is 1. The molecule has 5 rings (SSSR count). The molecule has 3 amide bonds. The second kappa shape index (κ2) is 11.5. The fourth-order valence-electron chi connectivity index (χ4n) is 5.90. The highest BCUT2D eigenvalue weighted by atomic mass is 32.1. The van der Waals surface area contributed by atoms with Crippen molar-refractivity contribution in [2.24, 2.45) is 5.92 Å². The molecule has 0 spiro atoms. The maximum Gasteiger partial charge on any atom is 0.264 e. The van der Waals surface area contributed by atoms with Gasteiger partial charge < -0.3 is 24.9 Å². The van der Waals surface area contributed by atoms with Crippen molar-refractivity contribution in [3.8, 4) is 0 Å². The number of carbonyl (C=O) groups is 4. The Morgan fingerprint density at radius 2 is 1.72 bits per heavy atom. The number of ketones is 1. The minimum atomic E-state index is -0.747. The molecule has 208 valence electrons. The van der Waals surface area contributed by atoms with Gasteiger partial charge in [-0.15, -0.1) is 11.3 Å². The Labute approximate surface area is 233 Å². The van der Waals surface area contributed by atoms with E-state index in [-0.39, 0.29) is 42.0 Å². The third-order valence-corrected chi connectivity index (χ3v) is 8.86. The molecule has 1 aromatic heterocycles. The van der Waals surface area contributed by atoms with E-state index in [1.165, 1.54) is 11.3 Å². The van der Waals surface area contributed by atoms with Gasteiger partial charge in [0, 0.05) is 44.0 Å². The van der Waals surface area contributed by atoms with Crippen molar-refractivity contribution in [1.82, 2.24) is 20.0 Å². The van der Waals surface area contributed by atoms with Crippen LogP contribution in [-0.2, 0) is 9.59 Å². The summed E-state index contributed by atoms with van der Waals surface area (Å²) in [6, 6.07) is 9.38. The van der Waals surface area contributed by atoms with Crippen LogP contribution in [0.15, 0.2) is 41.8 Å². The lowest BCUT2D eigenvalue weighted by molar-refractivity contribution is -0.138. The summed E-state index contributed by atoms with van der Waals surface area (Å²) < 4.78 is 0. The first-order valence-corrected chi connectivity index (χ1v) is 14.6. The van der Waals surface area contributed by atoms with Crippen molar-refractivity contribution in [3.63, 3.8) is 0 Å². The lowest BCUT2D eigenvalue weighted by Crippen LogP contribution is -2.53. The molecule has 10 heteroatoms. The Kier molecular flexibility index (Phi) is 8.04. The second-order valence-corrected chi connectivity index (χ2v) is 12.1. The largest absolute Gasteiger partial charge is 0.369 e. The number of benzene rings is 1. The van der Waals surface area contributed by atoms with Crippen LogP contribution < -0.4 is 10.2 Å². The average Bonchev–Trinajstić information content (AvgIpc) is 3.67. The molecule has 4 heterocycles. The summed E-state index contributed by atoms with van der Waals surface area (Å²) in [5.41, 5.74) is 1.58. The molecule has 3 atom stereocenters. The van der Waals surface area contributed by atoms with Crippen LogP contribution in [0, 0.1) is 5.92 Å². The van der Waals surface area contributed by atoms with Crippen LogP contribution in [0.5, 0.6) is 0 Å². The van der Waals surface area contributed by atoms with Gasteiger partial charge in [-0.25, -0.2) is 0 Å². The number of amides is 3. The van der Waals surface area contributed by atoms with Crippen LogP contribution in [0.2, 0.25) is 0 Å². The summed E-state index contributed by atoms with van der Waals surface area (Å²) in [7, 11) is 2.12. The molecule has 0 aliphatic carbocycles. The minimum absolute atomic E-state index is 0.0106. The number of piperazine rings is 1. The minimum Gasteiger partial charge on any atom is -0.369 e. The van der Waals surface area contributed by atoms with Gasteiger partial charge in [-0.2, -0.15) is 0 Å². The number of hydrogen-bond donors (Lipinski definition) is 1. The average molecular weight is 552 g/mol. The SMILES string of the molecule is CC(C)CC(NC(=O)c1ccc(N2CCN(C)CC2)cc1)C(=O)N1CCC2C1C(=O)CN2C(=O)c1cccs1. The number of nitrogens with zero attached hydrogens (tertiary/aromatic N) is 4. The predicted molar refractivity (Wildman–Crippen MR) is 151 cm³/mol. The van der Waals surface area contributed by atoms with Crippen molar-refractivity contribution in [3.05, 3.63) is 52.2 Å². The summed E-state index contributed by atoms with van der Waals surface area (Å²) in [6.07, 6.45) is 1.01. The third-order valence-electron chi connectivity index (χ3n) is 8.01. The Bertz CT molecular complexity index is 1210. The zero-order chi connectivity index (χ0) is 27.7. The maximum atomic E-state index is 13.8. The number of anilines is 1. The first kappa shape index (κ1) is 27.3. The number of likely N-dealkylation sites (N-methyl/N-ethyl adjacent to an activating group) is 1. The molecule has 0 bridgehead atoms. The Hall–Kier alpha value is -3.24. The topological polar surface area (TPSA) is 93.3 Å². The van der Waals surface area contributed by atoms with Crippen molar-refractivity contribution in [2.75, 3.05) is 51.2 Å². The highest BCUT2D eigenvalue weighted by Gasteiger charge is 2.52. The van der Waals surface area contributed by atoms with E-state index in [0.29, 0.717) is 29.8 Å². The molecule has 9 nitrogen and oxygen atoms in total. The lowest BCUT2D eigenvalue weighted by Gasteiger charge is -2.34. The Morgan fingerprint density at radius 1 is 1.00 bits per heavy atom. The number of likely N-dealkylation sites (tertiary alicyclic amines) is 2. The van der Waals surface area contributed by atoms with Gasteiger partial charge in [0.2, 0.25) is 5.91 Å². The molecule has 3 aliphatic rings. The van der Waals surface area contributed by atoms with Crippen LogP contribution in [-0.4, -0.2) is 103 Å². The van der Waals surface area contributed by atoms with E-state index in [4.69, 9.17) is 0 Å². The summed E-state index contributed by atoms with van der Waals surface area (Å²) in [6.45, 7) is 8.30. The van der Waals surface area contributed by atoms with Crippen LogP contribution in [0.1, 0.15) is 46.7 Å². The van der Waals surface area contributed by atoms with Gasteiger partial charge in [0.15, 0.2) is 5.78 Å². The molecule has 39 heavy (non-hydrogen) atoms. The van der Waals surface area contributed by atoms with Gasteiger partial charge >= 0.3 is 0 Å². The fourth-order valence-corrected chi connectivity index (χ4v) is 6.58. The molecular weight excluding hydrogens is 514 g/mol. The Morgan fingerprint density at radius 3 is 2.36 bits per heavy atom. The van der Waals surface area contributed by atoms with Gasteiger partial charge in [-0.3, -0.25) is 19.2 Å². The van der Waals surface area contributed by atoms with Crippen LogP contribution in [0.4, 0.5) is 5.69 Å². The number of hydrogen-bond acceptors (Lipinski definition) is 7. The first-order valence-electron chi connectivity index (χ1n) is 13.7. The summed E-state index contributed by atoms with van der Waals surface area (Å²) in [5.74, 6) is -0.676. The van der Waals surface area contributed by atoms with Crippen LogP contribution in [0.25, 0.3) is 0 Å². The fraction of sp³-hybridized carbons (Fsp3) is 0.517. The normalized spacial score (nSPS) is 22.4. The highest BCUT2D eigenvalue weighted by Crippen LogP contribution is 2.32. The van der Waals surface area contributed by atoms with E-state index in [0.717, 1.165) is 31.9 Å². The summed E-state index contributed by atoms with van der Waals surface area (Å²) in [5, 5.41) is 4.80. The number of fused-ring (bicyclic) bond motifs is 1. The standard InChI is InChI=1S/C29H37N5O4S/c1-19(2)17-22(30-27(36)20-6-8-21(9-7-20)32-14-12-31(3)13-15-32)28(37)33-11-10-23-26(33)24(35)18-34(23)29(38)25-5-4-16-39-25/h4-9,16,19,22-23,26H,10-15,17-18H2,1-3H3,(H,30,36). The molecule has 3 fully saturated rings. The van der Waals surface area contributed by atoms with Crippen molar-refractivity contribution >= 4 is 40.5 Å². The van der Waals surface area contributed by atoms with Gasteiger partial charge in [-0.1, -0.05) is 19.9 Å². The van der Waals surface area contributed by atoms with E-state index in [9.17, 15) is 19.2 Å². The van der Waals surface area contributed by atoms with E-state index in [1.54, 1.807) is 28.0 Å². The van der Waals surface area contributed by atoms with Crippen molar-refractivity contribution < 1.29 is 19.2 Å². The maximum absolute atomic E-state index is 13.8. The highest BCUT2D eigenvalue weighted by molar-refractivity contribution is 7.12. The molecule has 1 aromatic carbocycles. The molecule has 1 N–H and O–H groups in total. The monoisotopic (exact) mass is 551 g/mol. The number of rotatable bonds is 7. The second-order valence-electron chi connectivity index (χ2n) is 11.2. The molecule has 0 radical (unpaired) electrons. The van der Waals surface area contributed by atoms with E-state index < -0.39 is 12.1 Å². The zero-order valence-electron chi connectivity index (χ0n) is 22.8. The summed E-state index contributed by atoms with van der Waals surface area (Å²) in [4.78, 5) is 61.5. The summed E-state index contributed by atoms with van der Waals surface area (Å²) >= 11 is 1.35. The molecular formula is C29H37N5O4S. The molecule has 3 aliphatic heterocycles. The van der Waals surface area contributed by atoms with Gasteiger partial charge in [0.25, 0.3) is 11.8 Å². The molecule has 0 saturated carbocycles. The third kappa shape index (κ3) is 5.72. The van der Waals surface area contributed by atoms with Gasteiger partial charge in [0.05, 0.1) is 17.5 Å². The van der Waals surface area contributed by atoms with Crippen molar-refractivity contribution in [1.29, 1.82) is 0 Å². The van der Waals surface area contributed by atoms with E-state index >= 15 is 0 Å². The van der Waals surface area contributed by atoms with Crippen molar-refractivity contribution in [2.45, 2.75) is 44.8 Å². The molecule has 3 saturated heterocycles. The first-order chi connectivity index (χ1) is 18.7. The Balaban J connectivity index is 1.26. The number of thiophene rings is 1. The lowest BCUT2D eigenvalue weighted by atomic mass is 10.0. The zero-order valence-corrected chi connectivity index (χ0v) is 23.7. The number of carbonyl (C=O) groups excluding carboxylic acids is 4. The van der Waals surface area contributed by atoms with Gasteiger partial charge in [0.1, 0.15) is 12.1 Å². The quantitative estimate of drug-likeness (QED) is 0.568. The smallest absolute Gasteiger partial charge is 0.264 e. The van der Waals surface area contributed by atoms with Crippen LogP contribution >= 0.6 is 11.3 Å². The van der Waals surface area contributed by atoms with Gasteiger partial charge in [-0.05, 0) is 61.5 Å². The molecule has 2 aromatic rings. The molecule has 3 unspecified atom stereocenters. The van der Waals surface area contributed by atoms with Crippen LogP contribution in [0.3, 0.4) is 0 Å².